The molecule has 2 nitrogen and oxygen atoms in total. The van der Waals surface area contributed by atoms with Gasteiger partial charge in [0.1, 0.15) is 17.7 Å². The van der Waals surface area contributed by atoms with Crippen LogP contribution in [0.15, 0.2) is 18.2 Å². The zero-order valence-corrected chi connectivity index (χ0v) is 10.5. The normalized spacial score (nSPS) is 32.1. The Labute approximate surface area is 101 Å². The predicted octanol–water partition coefficient (Wildman–Crippen LogP) is 3.06. The molecule has 0 radical (unpaired) electrons. The third-order valence-corrected chi connectivity index (χ3v) is 4.10. The Balaban J connectivity index is 2.09. The first-order chi connectivity index (χ1) is 7.97. The second-order valence-corrected chi connectivity index (χ2v) is 5.13. The third kappa shape index (κ3) is 2.04. The molecule has 2 rings (SSSR count). The first-order valence-corrected chi connectivity index (χ1v) is 6.08. The summed E-state index contributed by atoms with van der Waals surface area (Å²) in [7, 11) is 0. The first kappa shape index (κ1) is 12.4. The average Bonchev–Trinajstić information content (AvgIpc) is 2.32. The molecular weight excluding hydrogens is 219 g/mol. The highest BCUT2D eigenvalue weighted by atomic mass is 19.1. The molecule has 1 fully saturated rings. The highest BCUT2D eigenvalue weighted by Crippen LogP contribution is 2.45. The molecule has 17 heavy (non-hydrogen) atoms. The number of rotatable bonds is 3. The summed E-state index contributed by atoms with van der Waals surface area (Å²) in [5.41, 5.74) is 0.406. The van der Waals surface area contributed by atoms with Gasteiger partial charge in [0, 0.05) is 11.8 Å². The lowest BCUT2D eigenvalue weighted by atomic mass is 9.63. The Morgan fingerprint density at radius 3 is 2.76 bits per heavy atom. The molecule has 0 saturated heterocycles. The van der Waals surface area contributed by atoms with Gasteiger partial charge in [-0.1, -0.05) is 13.8 Å². The summed E-state index contributed by atoms with van der Waals surface area (Å²) in [6, 6.07) is 4.77. The van der Waals surface area contributed by atoms with Crippen LogP contribution in [-0.2, 0) is 0 Å². The van der Waals surface area contributed by atoms with Crippen LogP contribution in [-0.4, -0.2) is 17.3 Å². The molecule has 3 heteroatoms. The van der Waals surface area contributed by atoms with Crippen LogP contribution in [0.25, 0.3) is 0 Å². The van der Waals surface area contributed by atoms with Gasteiger partial charge in [-0.15, -0.1) is 0 Å². The fourth-order valence-corrected chi connectivity index (χ4v) is 2.30. The van der Waals surface area contributed by atoms with Gasteiger partial charge in [-0.2, -0.15) is 0 Å². The van der Waals surface area contributed by atoms with Gasteiger partial charge in [-0.05, 0) is 37.1 Å². The maximum Gasteiger partial charge on any atom is 0.126 e. The largest absolute Gasteiger partial charge is 0.490 e. The highest BCUT2D eigenvalue weighted by Gasteiger charge is 2.51. The van der Waals surface area contributed by atoms with Crippen molar-refractivity contribution < 1.29 is 14.2 Å². The molecule has 0 aromatic heterocycles. The lowest BCUT2D eigenvalue weighted by Crippen LogP contribution is -2.57. The number of ether oxygens (including phenoxy) is 1. The minimum atomic E-state index is -0.293. The summed E-state index contributed by atoms with van der Waals surface area (Å²) < 4.78 is 19.0. The van der Waals surface area contributed by atoms with E-state index < -0.39 is 0 Å². The van der Waals surface area contributed by atoms with Crippen LogP contribution in [0, 0.1) is 18.2 Å². The summed E-state index contributed by atoms with van der Waals surface area (Å²) in [4.78, 5) is 0. The predicted molar refractivity (Wildman–Crippen MR) is 64.6 cm³/mol. The van der Waals surface area contributed by atoms with E-state index in [0.29, 0.717) is 17.7 Å². The summed E-state index contributed by atoms with van der Waals surface area (Å²) in [6.45, 7) is 5.80. The van der Waals surface area contributed by atoms with E-state index in [0.717, 1.165) is 6.42 Å². The van der Waals surface area contributed by atoms with Crippen molar-refractivity contribution in [3.8, 4) is 5.75 Å². The monoisotopic (exact) mass is 238 g/mol. The van der Waals surface area contributed by atoms with Gasteiger partial charge in [-0.3, -0.25) is 0 Å². The standard InChI is InChI=1S/C14H19FO2/c1-4-14(3)12(16)8-13(14)17-10-5-6-11(15)9(2)7-10/h5-7,12-13,16H,4,8H2,1-3H3. The van der Waals surface area contributed by atoms with E-state index in [-0.39, 0.29) is 23.4 Å². The average molecular weight is 238 g/mol. The minimum absolute atomic E-state index is 0.0207. The first-order valence-electron chi connectivity index (χ1n) is 6.08. The van der Waals surface area contributed by atoms with Gasteiger partial charge in [0.2, 0.25) is 0 Å². The molecule has 1 aliphatic carbocycles. The molecule has 0 spiro atoms. The molecule has 3 atom stereocenters. The van der Waals surface area contributed by atoms with Crippen molar-refractivity contribution in [2.45, 2.75) is 45.8 Å². The van der Waals surface area contributed by atoms with E-state index in [1.54, 1.807) is 19.1 Å². The molecule has 1 aromatic rings. The van der Waals surface area contributed by atoms with Gasteiger partial charge in [0.05, 0.1) is 6.10 Å². The summed E-state index contributed by atoms with van der Waals surface area (Å²) in [6.07, 6.45) is 1.26. The van der Waals surface area contributed by atoms with Crippen molar-refractivity contribution in [3.63, 3.8) is 0 Å². The van der Waals surface area contributed by atoms with Gasteiger partial charge >= 0.3 is 0 Å². The summed E-state index contributed by atoms with van der Waals surface area (Å²) in [5, 5.41) is 9.77. The quantitative estimate of drug-likeness (QED) is 0.877. The van der Waals surface area contributed by atoms with Crippen molar-refractivity contribution in [2.75, 3.05) is 0 Å². The van der Waals surface area contributed by atoms with Crippen molar-refractivity contribution in [2.24, 2.45) is 5.41 Å². The zero-order valence-electron chi connectivity index (χ0n) is 10.5. The number of halogens is 1. The number of aryl methyl sites for hydroxylation is 1. The lowest BCUT2D eigenvalue weighted by molar-refractivity contribution is -0.147. The van der Waals surface area contributed by atoms with Crippen LogP contribution in [0.1, 0.15) is 32.3 Å². The number of aliphatic hydroxyl groups is 1. The highest BCUT2D eigenvalue weighted by molar-refractivity contribution is 5.29. The van der Waals surface area contributed by atoms with Crippen molar-refractivity contribution in [3.05, 3.63) is 29.6 Å². The Hall–Kier alpha value is -1.09. The van der Waals surface area contributed by atoms with Crippen LogP contribution < -0.4 is 4.74 Å². The minimum Gasteiger partial charge on any atom is -0.490 e. The van der Waals surface area contributed by atoms with E-state index in [1.165, 1.54) is 6.07 Å². The molecule has 1 N–H and O–H groups in total. The number of hydrogen-bond donors (Lipinski definition) is 1. The van der Waals surface area contributed by atoms with Crippen molar-refractivity contribution in [1.82, 2.24) is 0 Å². The number of aliphatic hydroxyl groups excluding tert-OH is 1. The van der Waals surface area contributed by atoms with Gasteiger partial charge in [0.15, 0.2) is 0 Å². The molecule has 94 valence electrons. The van der Waals surface area contributed by atoms with Crippen LogP contribution in [0.4, 0.5) is 4.39 Å². The molecule has 3 unspecified atom stereocenters. The van der Waals surface area contributed by atoms with E-state index >= 15 is 0 Å². The summed E-state index contributed by atoms with van der Waals surface area (Å²) in [5.74, 6) is 0.463. The van der Waals surface area contributed by atoms with Crippen LogP contribution in [0.5, 0.6) is 5.75 Å². The Kier molecular flexibility index (Phi) is 3.13. The Morgan fingerprint density at radius 1 is 1.53 bits per heavy atom. The number of hydrogen-bond acceptors (Lipinski definition) is 2. The molecule has 0 heterocycles. The SMILES string of the molecule is CCC1(C)C(O)CC1Oc1ccc(F)c(C)c1. The van der Waals surface area contributed by atoms with Gasteiger partial charge in [0.25, 0.3) is 0 Å². The smallest absolute Gasteiger partial charge is 0.126 e. The topological polar surface area (TPSA) is 29.5 Å². The van der Waals surface area contributed by atoms with Crippen molar-refractivity contribution >= 4 is 0 Å². The Morgan fingerprint density at radius 2 is 2.24 bits per heavy atom. The fourth-order valence-electron chi connectivity index (χ4n) is 2.30. The second-order valence-electron chi connectivity index (χ2n) is 5.13. The summed E-state index contributed by atoms with van der Waals surface area (Å²) >= 11 is 0. The number of benzene rings is 1. The maximum absolute atomic E-state index is 13.1. The fraction of sp³-hybridized carbons (Fsp3) is 0.571. The third-order valence-electron chi connectivity index (χ3n) is 4.10. The van der Waals surface area contributed by atoms with Gasteiger partial charge in [-0.25, -0.2) is 4.39 Å². The van der Waals surface area contributed by atoms with Crippen molar-refractivity contribution in [1.29, 1.82) is 0 Å². The van der Waals surface area contributed by atoms with Gasteiger partial charge < -0.3 is 9.84 Å². The van der Waals surface area contributed by atoms with Crippen LogP contribution in [0.2, 0.25) is 0 Å². The molecule has 1 aromatic carbocycles. The van der Waals surface area contributed by atoms with E-state index in [4.69, 9.17) is 4.74 Å². The second kappa shape index (κ2) is 4.30. The van der Waals surface area contributed by atoms with E-state index in [2.05, 4.69) is 6.92 Å². The zero-order chi connectivity index (χ0) is 12.6. The maximum atomic E-state index is 13.1. The Bertz CT molecular complexity index is 419. The molecular formula is C14H19FO2. The van der Waals surface area contributed by atoms with E-state index in [9.17, 15) is 9.50 Å². The van der Waals surface area contributed by atoms with E-state index in [1.807, 2.05) is 6.92 Å². The molecule has 1 saturated carbocycles. The van der Waals surface area contributed by atoms with Crippen LogP contribution >= 0.6 is 0 Å². The van der Waals surface area contributed by atoms with Crippen LogP contribution in [0.3, 0.4) is 0 Å². The molecule has 1 aliphatic rings. The molecule has 0 aliphatic heterocycles. The lowest BCUT2D eigenvalue weighted by Gasteiger charge is -2.50. The molecule has 0 amide bonds. The molecule has 0 bridgehead atoms.